The lowest BCUT2D eigenvalue weighted by molar-refractivity contribution is -0.146. The first-order valence-electron chi connectivity index (χ1n) is 7.64. The van der Waals surface area contributed by atoms with E-state index in [1.54, 1.807) is 38.1 Å². The molecule has 0 fully saturated rings. The molecule has 0 aliphatic carbocycles. The molecule has 0 unspecified atom stereocenters. The number of carbonyl (C=O) groups excluding carboxylic acids is 4. The minimum absolute atomic E-state index is 0.198. The lowest BCUT2D eigenvalue weighted by Gasteiger charge is -2.25. The van der Waals surface area contributed by atoms with Gasteiger partial charge in [-0.05, 0) is 25.0 Å². The molecule has 0 aromatic heterocycles. The molecule has 7 nitrogen and oxygen atoms in total. The van der Waals surface area contributed by atoms with Crippen LogP contribution in [0.1, 0.15) is 41.5 Å². The van der Waals surface area contributed by atoms with Crippen LogP contribution < -0.4 is 5.32 Å². The Hall–Kier alpha value is -2.70. The summed E-state index contributed by atoms with van der Waals surface area (Å²) in [6, 6.07) is 4.52. The van der Waals surface area contributed by atoms with Gasteiger partial charge >= 0.3 is 5.97 Å². The number of rotatable bonds is 5. The summed E-state index contributed by atoms with van der Waals surface area (Å²) in [7, 11) is 1.23. The molecule has 1 aromatic carbocycles. The zero-order chi connectivity index (χ0) is 18.0. The van der Waals surface area contributed by atoms with Gasteiger partial charge in [0.25, 0.3) is 11.8 Å². The Morgan fingerprint density at radius 3 is 1.96 bits per heavy atom. The summed E-state index contributed by atoms with van der Waals surface area (Å²) in [4.78, 5) is 49.9. The van der Waals surface area contributed by atoms with Crippen molar-refractivity contribution in [2.75, 3.05) is 7.11 Å². The van der Waals surface area contributed by atoms with Crippen molar-refractivity contribution in [3.63, 3.8) is 0 Å². The van der Waals surface area contributed by atoms with Crippen LogP contribution in [0, 0.1) is 5.92 Å². The molecule has 2 atom stereocenters. The molecule has 1 aliphatic rings. The maximum Gasteiger partial charge on any atom is 0.328 e. The second-order valence-corrected chi connectivity index (χ2v) is 5.96. The first-order chi connectivity index (χ1) is 11.3. The van der Waals surface area contributed by atoms with Gasteiger partial charge in [0.15, 0.2) is 0 Å². The van der Waals surface area contributed by atoms with Crippen molar-refractivity contribution in [1.29, 1.82) is 0 Å². The molecule has 0 saturated carbocycles. The number of benzene rings is 1. The topological polar surface area (TPSA) is 92.8 Å². The number of carbonyl (C=O) groups is 4. The van der Waals surface area contributed by atoms with E-state index in [2.05, 4.69) is 10.1 Å². The minimum Gasteiger partial charge on any atom is -0.467 e. The Kier molecular flexibility index (Phi) is 5.02. The second-order valence-electron chi connectivity index (χ2n) is 5.96. The fraction of sp³-hybridized carbons (Fsp3) is 0.412. The largest absolute Gasteiger partial charge is 0.467 e. The summed E-state index contributed by atoms with van der Waals surface area (Å²) in [6.07, 6.45) is 0. The minimum atomic E-state index is -1.04. The molecular formula is C17H20N2O5. The van der Waals surface area contributed by atoms with Crippen LogP contribution in [0.25, 0.3) is 0 Å². The fourth-order valence-corrected chi connectivity index (χ4v) is 2.58. The molecule has 24 heavy (non-hydrogen) atoms. The highest BCUT2D eigenvalue weighted by Gasteiger charge is 2.41. The van der Waals surface area contributed by atoms with Gasteiger partial charge in [-0.15, -0.1) is 0 Å². The number of hydrogen-bond donors (Lipinski definition) is 1. The first-order valence-corrected chi connectivity index (χ1v) is 7.64. The van der Waals surface area contributed by atoms with E-state index in [0.717, 1.165) is 4.90 Å². The van der Waals surface area contributed by atoms with E-state index >= 15 is 0 Å². The maximum atomic E-state index is 12.4. The third-order valence-electron chi connectivity index (χ3n) is 4.01. The maximum absolute atomic E-state index is 12.4. The number of imide groups is 1. The van der Waals surface area contributed by atoms with Crippen molar-refractivity contribution in [2.24, 2.45) is 5.92 Å². The Morgan fingerprint density at radius 2 is 1.54 bits per heavy atom. The lowest BCUT2D eigenvalue weighted by Crippen LogP contribution is -2.53. The summed E-state index contributed by atoms with van der Waals surface area (Å²) in [5.74, 6) is -2.40. The summed E-state index contributed by atoms with van der Waals surface area (Å²) in [5, 5.41) is 2.55. The molecule has 1 heterocycles. The number of esters is 1. The zero-order valence-corrected chi connectivity index (χ0v) is 14.0. The monoisotopic (exact) mass is 332 g/mol. The van der Waals surface area contributed by atoms with Crippen LogP contribution in [0.4, 0.5) is 0 Å². The van der Waals surface area contributed by atoms with Crippen molar-refractivity contribution in [2.45, 2.75) is 32.9 Å². The number of amides is 3. The molecule has 7 heteroatoms. The van der Waals surface area contributed by atoms with Crippen LogP contribution in [0.15, 0.2) is 24.3 Å². The van der Waals surface area contributed by atoms with E-state index in [0.29, 0.717) is 0 Å². The zero-order valence-electron chi connectivity index (χ0n) is 14.0. The highest BCUT2D eigenvalue weighted by atomic mass is 16.5. The fourth-order valence-electron chi connectivity index (χ4n) is 2.58. The van der Waals surface area contributed by atoms with Gasteiger partial charge in [-0.1, -0.05) is 26.0 Å². The molecule has 128 valence electrons. The van der Waals surface area contributed by atoms with Crippen molar-refractivity contribution in [3.05, 3.63) is 35.4 Å². The Bertz CT molecular complexity index is 663. The van der Waals surface area contributed by atoms with Gasteiger partial charge in [0.1, 0.15) is 12.1 Å². The first kappa shape index (κ1) is 17.7. The van der Waals surface area contributed by atoms with Crippen LogP contribution in [-0.2, 0) is 14.3 Å². The van der Waals surface area contributed by atoms with Crippen LogP contribution in [0.5, 0.6) is 0 Å². The van der Waals surface area contributed by atoms with E-state index in [-0.39, 0.29) is 17.0 Å². The molecule has 2 rings (SSSR count). The molecule has 0 bridgehead atoms. The van der Waals surface area contributed by atoms with Crippen molar-refractivity contribution in [3.8, 4) is 0 Å². The predicted octanol–water partition coefficient (Wildman–Crippen LogP) is 0.985. The number of ether oxygens (including phenoxy) is 1. The molecular weight excluding hydrogens is 312 g/mol. The third kappa shape index (κ3) is 3.02. The predicted molar refractivity (Wildman–Crippen MR) is 85.2 cm³/mol. The van der Waals surface area contributed by atoms with Gasteiger partial charge in [-0.2, -0.15) is 0 Å². The molecule has 1 aliphatic heterocycles. The molecule has 1 aromatic rings. The summed E-state index contributed by atoms with van der Waals surface area (Å²) < 4.78 is 4.67. The molecule has 0 radical (unpaired) electrons. The van der Waals surface area contributed by atoms with Gasteiger partial charge < -0.3 is 10.1 Å². The molecule has 1 N–H and O–H groups in total. The number of fused-ring (bicyclic) bond motifs is 1. The number of nitrogens with one attached hydrogen (secondary N) is 1. The van der Waals surface area contributed by atoms with Gasteiger partial charge in [0.05, 0.1) is 18.2 Å². The Balaban J connectivity index is 2.19. The third-order valence-corrected chi connectivity index (χ3v) is 4.01. The smallest absolute Gasteiger partial charge is 0.328 e. The SMILES string of the molecule is COC(=O)[C@@H](NC(=O)[C@H](C)N1C(=O)c2ccccc2C1=O)C(C)C. The highest BCUT2D eigenvalue weighted by Crippen LogP contribution is 2.24. The summed E-state index contributed by atoms with van der Waals surface area (Å²) in [5.41, 5.74) is 0.547. The van der Waals surface area contributed by atoms with Gasteiger partial charge in [-0.3, -0.25) is 19.3 Å². The van der Waals surface area contributed by atoms with Crippen LogP contribution >= 0.6 is 0 Å². The van der Waals surface area contributed by atoms with E-state index in [1.165, 1.54) is 14.0 Å². The molecule has 3 amide bonds. The van der Waals surface area contributed by atoms with Crippen LogP contribution in [-0.4, -0.2) is 47.8 Å². The van der Waals surface area contributed by atoms with Crippen LogP contribution in [0.2, 0.25) is 0 Å². The Morgan fingerprint density at radius 1 is 1.04 bits per heavy atom. The van der Waals surface area contributed by atoms with Crippen molar-refractivity contribution >= 4 is 23.7 Å². The number of hydrogen-bond acceptors (Lipinski definition) is 5. The van der Waals surface area contributed by atoms with Gasteiger partial charge in [0, 0.05) is 0 Å². The Labute approximate surface area is 140 Å². The molecule has 0 saturated heterocycles. The van der Waals surface area contributed by atoms with Gasteiger partial charge in [-0.25, -0.2) is 4.79 Å². The quantitative estimate of drug-likeness (QED) is 0.641. The highest BCUT2D eigenvalue weighted by molar-refractivity contribution is 6.22. The average Bonchev–Trinajstić information content (AvgIpc) is 2.82. The van der Waals surface area contributed by atoms with Crippen molar-refractivity contribution < 1.29 is 23.9 Å². The van der Waals surface area contributed by atoms with E-state index in [4.69, 9.17) is 0 Å². The number of methoxy groups -OCH3 is 1. The standard InChI is InChI=1S/C17H20N2O5/c1-9(2)13(17(23)24-4)18-14(20)10(3)19-15(21)11-7-5-6-8-12(11)16(19)22/h5-10,13H,1-4H3,(H,18,20)/t10-,13-/m0/s1. The van der Waals surface area contributed by atoms with E-state index in [1.807, 2.05) is 0 Å². The summed E-state index contributed by atoms with van der Waals surface area (Å²) >= 11 is 0. The summed E-state index contributed by atoms with van der Waals surface area (Å²) in [6.45, 7) is 4.97. The van der Waals surface area contributed by atoms with E-state index in [9.17, 15) is 19.2 Å². The van der Waals surface area contributed by atoms with Crippen LogP contribution in [0.3, 0.4) is 0 Å². The van der Waals surface area contributed by atoms with Crippen molar-refractivity contribution in [1.82, 2.24) is 10.2 Å². The molecule has 0 spiro atoms. The second kappa shape index (κ2) is 6.82. The normalized spacial score (nSPS) is 16.0. The van der Waals surface area contributed by atoms with E-state index < -0.39 is 35.8 Å². The number of nitrogens with zero attached hydrogens (tertiary/aromatic N) is 1. The lowest BCUT2D eigenvalue weighted by atomic mass is 10.0. The van der Waals surface area contributed by atoms with Gasteiger partial charge in [0.2, 0.25) is 5.91 Å². The average molecular weight is 332 g/mol.